The fraction of sp³-hybridized carbons (Fsp3) is 0.0938. The van der Waals surface area contributed by atoms with Gasteiger partial charge < -0.3 is 18.5 Å². The molecule has 5 rings (SSSR count). The van der Waals surface area contributed by atoms with Crippen LogP contribution in [0.3, 0.4) is 0 Å². The molecule has 2 heterocycles. The molecule has 0 aliphatic rings. The molecule has 0 fully saturated rings. The van der Waals surface area contributed by atoms with Crippen LogP contribution in [-0.4, -0.2) is 27.6 Å². The molecule has 45 heavy (non-hydrogen) atoms. The van der Waals surface area contributed by atoms with Crippen LogP contribution in [0.4, 0.5) is 5.69 Å². The quantitative estimate of drug-likeness (QED) is 0.0546. The van der Waals surface area contributed by atoms with E-state index in [2.05, 4.69) is 27.2 Å². The number of aromatic nitrogens is 1. The van der Waals surface area contributed by atoms with Gasteiger partial charge in [0.15, 0.2) is 5.76 Å². The number of aryl methyl sites for hydroxylation is 2. The van der Waals surface area contributed by atoms with Crippen LogP contribution in [0.2, 0.25) is 10.0 Å². The average Bonchev–Trinajstić information content (AvgIpc) is 3.62. The molecular weight excluding hydrogens is 623 g/mol. The first-order valence-electron chi connectivity index (χ1n) is 13.3. The predicted octanol–water partition coefficient (Wildman–Crippen LogP) is 7.46. The maximum absolute atomic E-state index is 12.7. The maximum atomic E-state index is 12.7. The normalized spacial score (nSPS) is 11.0. The molecule has 0 radical (unpaired) electrons. The summed E-state index contributed by atoms with van der Waals surface area (Å²) in [6, 6.07) is 22.5. The van der Waals surface area contributed by atoms with Crippen molar-refractivity contribution in [1.29, 1.82) is 0 Å². The topological polar surface area (TPSA) is 138 Å². The van der Waals surface area contributed by atoms with Crippen LogP contribution in [0.15, 0.2) is 94.4 Å². The van der Waals surface area contributed by atoms with E-state index in [-0.39, 0.29) is 40.0 Å². The Morgan fingerprint density at radius 1 is 0.978 bits per heavy atom. The van der Waals surface area contributed by atoms with Gasteiger partial charge in [0.1, 0.15) is 23.9 Å². The minimum atomic E-state index is -0.823. The zero-order valence-corrected chi connectivity index (χ0v) is 25.3. The molecule has 0 atom stereocenters. The number of hydrogen-bond acceptors (Lipinski definition) is 8. The lowest BCUT2D eigenvalue weighted by Gasteiger charge is -2.10. The molecule has 3 aromatic carbocycles. The number of furan rings is 1. The van der Waals surface area contributed by atoms with Crippen molar-refractivity contribution in [3.63, 3.8) is 0 Å². The highest BCUT2D eigenvalue weighted by molar-refractivity contribution is 6.36. The van der Waals surface area contributed by atoms with E-state index < -0.39 is 16.8 Å². The molecular formula is C32H24Cl2N4O7. The molecule has 1 amide bonds. The van der Waals surface area contributed by atoms with Gasteiger partial charge in [0, 0.05) is 39.8 Å². The van der Waals surface area contributed by atoms with Gasteiger partial charge in [0.2, 0.25) is 0 Å². The SMILES string of the molecule is Cc1ccc(C)n1-c1ccc(OCc2ccc(C(=O)N/N=C/c3cc([N+](=O)[O-])ccc3OC(=O)c3ccc(Cl)cc3Cl)o2)cc1. The van der Waals surface area contributed by atoms with Crippen LogP contribution in [0.1, 0.15) is 43.6 Å². The Balaban J connectivity index is 1.21. The van der Waals surface area contributed by atoms with E-state index in [9.17, 15) is 19.7 Å². The molecule has 5 aromatic rings. The minimum Gasteiger partial charge on any atom is -0.486 e. The third-order valence-electron chi connectivity index (χ3n) is 6.56. The maximum Gasteiger partial charge on any atom is 0.345 e. The van der Waals surface area contributed by atoms with Gasteiger partial charge in [-0.2, -0.15) is 5.10 Å². The first kappa shape index (κ1) is 31.0. The minimum absolute atomic E-state index is 0.0346. The van der Waals surface area contributed by atoms with E-state index in [0.717, 1.165) is 35.4 Å². The Kier molecular flexibility index (Phi) is 9.31. The monoisotopic (exact) mass is 646 g/mol. The molecule has 0 saturated heterocycles. The van der Waals surface area contributed by atoms with Crippen molar-refractivity contribution >= 4 is 47.0 Å². The van der Waals surface area contributed by atoms with Crippen LogP contribution in [0, 0.1) is 24.0 Å². The second kappa shape index (κ2) is 13.5. The number of esters is 1. The molecule has 0 aliphatic heterocycles. The summed E-state index contributed by atoms with van der Waals surface area (Å²) in [7, 11) is 0. The largest absolute Gasteiger partial charge is 0.486 e. The number of ether oxygens (including phenoxy) is 2. The van der Waals surface area contributed by atoms with E-state index in [1.165, 1.54) is 30.3 Å². The molecule has 0 unspecified atom stereocenters. The van der Waals surface area contributed by atoms with Gasteiger partial charge in [0.05, 0.1) is 21.7 Å². The molecule has 0 saturated carbocycles. The Morgan fingerprint density at radius 2 is 1.71 bits per heavy atom. The molecule has 0 spiro atoms. The lowest BCUT2D eigenvalue weighted by atomic mass is 10.2. The number of amides is 1. The van der Waals surface area contributed by atoms with E-state index in [0.29, 0.717) is 16.5 Å². The summed E-state index contributed by atoms with van der Waals surface area (Å²) in [5, 5.41) is 15.6. The fourth-order valence-corrected chi connectivity index (χ4v) is 4.85. The number of halogens is 2. The van der Waals surface area contributed by atoms with Crippen molar-refractivity contribution in [1.82, 2.24) is 9.99 Å². The summed E-state index contributed by atoms with van der Waals surface area (Å²) < 4.78 is 18.9. The van der Waals surface area contributed by atoms with Crippen LogP contribution in [0.25, 0.3) is 5.69 Å². The number of carbonyl (C=O) groups is 2. The molecule has 228 valence electrons. The van der Waals surface area contributed by atoms with E-state index in [4.69, 9.17) is 37.1 Å². The standard InChI is InChI=1S/C32H24Cl2N4O7/c1-19-3-4-20(2)37(19)23-6-9-25(10-7-23)43-18-26-11-14-30(44-26)31(39)36-35-17-21-15-24(38(41)42)8-13-29(21)45-32(40)27-12-5-22(33)16-28(27)34/h3-17H,18H2,1-2H3,(H,36,39)/b35-17+. The van der Waals surface area contributed by atoms with Crippen molar-refractivity contribution in [2.24, 2.45) is 5.10 Å². The van der Waals surface area contributed by atoms with Crippen molar-refractivity contribution in [3.05, 3.63) is 139 Å². The molecule has 1 N–H and O–H groups in total. The molecule has 0 aliphatic carbocycles. The highest BCUT2D eigenvalue weighted by Crippen LogP contribution is 2.27. The number of carbonyl (C=O) groups excluding carboxylic acids is 2. The van der Waals surface area contributed by atoms with Crippen molar-refractivity contribution < 1.29 is 28.4 Å². The summed E-state index contributed by atoms with van der Waals surface area (Å²) in [6.45, 7) is 4.16. The Bertz CT molecular complexity index is 1910. The molecule has 11 nitrogen and oxygen atoms in total. The second-order valence-electron chi connectivity index (χ2n) is 9.69. The highest BCUT2D eigenvalue weighted by atomic mass is 35.5. The Morgan fingerprint density at radius 3 is 2.40 bits per heavy atom. The first-order valence-corrected chi connectivity index (χ1v) is 14.1. The smallest absolute Gasteiger partial charge is 0.345 e. The summed E-state index contributed by atoms with van der Waals surface area (Å²) in [5.74, 6) is -0.576. The summed E-state index contributed by atoms with van der Waals surface area (Å²) in [6.07, 6.45) is 1.10. The predicted molar refractivity (Wildman–Crippen MR) is 168 cm³/mol. The van der Waals surface area contributed by atoms with Crippen molar-refractivity contribution in [3.8, 4) is 17.2 Å². The van der Waals surface area contributed by atoms with Crippen LogP contribution in [0.5, 0.6) is 11.5 Å². The third-order valence-corrected chi connectivity index (χ3v) is 7.11. The first-order chi connectivity index (χ1) is 21.6. The van der Waals surface area contributed by atoms with Crippen LogP contribution in [-0.2, 0) is 6.61 Å². The van der Waals surface area contributed by atoms with Gasteiger partial charge in [-0.05, 0) is 86.6 Å². The Labute approximate surface area is 266 Å². The number of hydrogen-bond donors (Lipinski definition) is 1. The average molecular weight is 647 g/mol. The highest BCUT2D eigenvalue weighted by Gasteiger charge is 2.18. The number of rotatable bonds is 10. The molecule has 2 aromatic heterocycles. The van der Waals surface area contributed by atoms with Gasteiger partial charge in [0.25, 0.3) is 5.69 Å². The zero-order valence-electron chi connectivity index (χ0n) is 23.8. The third kappa shape index (κ3) is 7.40. The van der Waals surface area contributed by atoms with Gasteiger partial charge in [-0.15, -0.1) is 0 Å². The van der Waals surface area contributed by atoms with Crippen LogP contribution < -0.4 is 14.9 Å². The number of non-ortho nitro benzene ring substituents is 1. The van der Waals surface area contributed by atoms with E-state index in [1.54, 1.807) is 6.07 Å². The van der Waals surface area contributed by atoms with Gasteiger partial charge >= 0.3 is 11.9 Å². The summed E-state index contributed by atoms with van der Waals surface area (Å²) in [4.78, 5) is 36.0. The van der Waals surface area contributed by atoms with Crippen molar-refractivity contribution in [2.75, 3.05) is 0 Å². The van der Waals surface area contributed by atoms with Gasteiger partial charge in [-0.25, -0.2) is 10.2 Å². The van der Waals surface area contributed by atoms with Gasteiger partial charge in [-0.3, -0.25) is 14.9 Å². The number of nitrogens with one attached hydrogen (secondary N) is 1. The second-order valence-corrected chi connectivity index (χ2v) is 10.5. The summed E-state index contributed by atoms with van der Waals surface area (Å²) >= 11 is 12.0. The number of nitro groups is 1. The Hall–Kier alpha value is -5.39. The number of nitrogens with zero attached hydrogens (tertiary/aromatic N) is 3. The number of hydrazone groups is 1. The zero-order chi connectivity index (χ0) is 32.1. The van der Waals surface area contributed by atoms with E-state index in [1.807, 2.05) is 38.1 Å². The van der Waals surface area contributed by atoms with Crippen molar-refractivity contribution in [2.45, 2.75) is 20.5 Å². The van der Waals surface area contributed by atoms with Gasteiger partial charge in [-0.1, -0.05) is 23.2 Å². The lowest BCUT2D eigenvalue weighted by Crippen LogP contribution is -2.17. The molecule has 13 heteroatoms. The number of nitro benzene ring substituents is 1. The lowest BCUT2D eigenvalue weighted by molar-refractivity contribution is -0.384. The fourth-order valence-electron chi connectivity index (χ4n) is 4.37. The van der Waals surface area contributed by atoms with Crippen LogP contribution >= 0.6 is 23.2 Å². The van der Waals surface area contributed by atoms with E-state index >= 15 is 0 Å². The number of benzene rings is 3. The summed E-state index contributed by atoms with van der Waals surface area (Å²) in [5.41, 5.74) is 5.35. The molecule has 0 bridgehead atoms.